The van der Waals surface area contributed by atoms with Crippen molar-refractivity contribution in [2.24, 2.45) is 4.99 Å². The highest BCUT2D eigenvalue weighted by Gasteiger charge is 2.06. The van der Waals surface area contributed by atoms with Crippen LogP contribution in [0.4, 0.5) is 4.39 Å². The molecule has 14 heavy (non-hydrogen) atoms. The zero-order valence-electron chi connectivity index (χ0n) is 8.00. The summed E-state index contributed by atoms with van der Waals surface area (Å²) in [5.41, 5.74) is 1.04. The number of rotatable bonds is 3. The zero-order valence-corrected chi connectivity index (χ0v) is 8.00. The van der Waals surface area contributed by atoms with Crippen molar-refractivity contribution >= 4 is 6.08 Å². The van der Waals surface area contributed by atoms with Gasteiger partial charge in [-0.25, -0.2) is 14.2 Å². The third-order valence-electron chi connectivity index (χ3n) is 1.88. The maximum atomic E-state index is 13.1. The second-order valence-corrected chi connectivity index (χ2v) is 2.82. The number of nitrogens with zero attached hydrogens (tertiary/aromatic N) is 1. The van der Waals surface area contributed by atoms with E-state index in [1.807, 2.05) is 0 Å². The van der Waals surface area contributed by atoms with Crippen molar-refractivity contribution in [3.8, 4) is 5.75 Å². The molecule has 74 valence electrons. The fraction of sp³-hybridized carbons (Fsp3) is 0.300. The van der Waals surface area contributed by atoms with Crippen LogP contribution in [0, 0.1) is 12.7 Å². The molecule has 0 aliphatic rings. The lowest BCUT2D eigenvalue weighted by Crippen LogP contribution is -1.94. The minimum absolute atomic E-state index is 0.0872. The summed E-state index contributed by atoms with van der Waals surface area (Å²) < 4.78 is 18.1. The van der Waals surface area contributed by atoms with Crippen molar-refractivity contribution in [2.75, 3.05) is 7.11 Å². The van der Waals surface area contributed by atoms with Gasteiger partial charge in [0.1, 0.15) is 11.6 Å². The van der Waals surface area contributed by atoms with Crippen LogP contribution in [0.2, 0.25) is 0 Å². The number of carbonyl (C=O) groups excluding carboxylic acids is 1. The molecule has 0 atom stereocenters. The Balaban J connectivity index is 3.12. The first-order valence-electron chi connectivity index (χ1n) is 4.05. The molecule has 0 bridgehead atoms. The number of ether oxygens (including phenoxy) is 1. The molecule has 0 N–H and O–H groups in total. The van der Waals surface area contributed by atoms with Gasteiger partial charge in [-0.1, -0.05) is 0 Å². The maximum Gasteiger partial charge on any atom is 0.235 e. The van der Waals surface area contributed by atoms with Crippen molar-refractivity contribution in [1.82, 2.24) is 0 Å². The van der Waals surface area contributed by atoms with Crippen molar-refractivity contribution in [2.45, 2.75) is 13.5 Å². The second-order valence-electron chi connectivity index (χ2n) is 2.82. The summed E-state index contributed by atoms with van der Waals surface area (Å²) in [5, 5.41) is 0. The van der Waals surface area contributed by atoms with E-state index in [4.69, 9.17) is 4.74 Å². The summed E-state index contributed by atoms with van der Waals surface area (Å²) >= 11 is 0. The topological polar surface area (TPSA) is 38.7 Å². The largest absolute Gasteiger partial charge is 0.496 e. The number of halogens is 1. The maximum absolute atomic E-state index is 13.1. The van der Waals surface area contributed by atoms with Gasteiger partial charge in [0.2, 0.25) is 6.08 Å². The summed E-state index contributed by atoms with van der Waals surface area (Å²) in [4.78, 5) is 13.3. The monoisotopic (exact) mass is 195 g/mol. The smallest absolute Gasteiger partial charge is 0.235 e. The van der Waals surface area contributed by atoms with Gasteiger partial charge in [-0.3, -0.25) is 0 Å². The highest BCUT2D eigenvalue weighted by atomic mass is 19.1. The van der Waals surface area contributed by atoms with Crippen molar-refractivity contribution in [3.05, 3.63) is 29.1 Å². The Bertz CT molecular complexity index is 384. The quantitative estimate of drug-likeness (QED) is 0.546. The Kier molecular flexibility index (Phi) is 3.37. The summed E-state index contributed by atoms with van der Waals surface area (Å²) in [6.07, 6.45) is 1.40. The molecule has 0 unspecified atom stereocenters. The Hall–Kier alpha value is -1.67. The van der Waals surface area contributed by atoms with E-state index in [0.717, 1.165) is 0 Å². The number of hydrogen-bond donors (Lipinski definition) is 0. The van der Waals surface area contributed by atoms with Crippen LogP contribution < -0.4 is 4.74 Å². The van der Waals surface area contributed by atoms with E-state index in [1.54, 1.807) is 13.0 Å². The Labute approximate surface area is 81.2 Å². The van der Waals surface area contributed by atoms with Gasteiger partial charge >= 0.3 is 0 Å². The zero-order chi connectivity index (χ0) is 10.6. The normalized spacial score (nSPS) is 9.36. The van der Waals surface area contributed by atoms with Crippen LogP contribution in [0.3, 0.4) is 0 Å². The third-order valence-corrected chi connectivity index (χ3v) is 1.88. The Morgan fingerprint density at radius 3 is 2.86 bits per heavy atom. The molecule has 0 fully saturated rings. The van der Waals surface area contributed by atoms with Crippen LogP contribution in [0.5, 0.6) is 5.75 Å². The van der Waals surface area contributed by atoms with Gasteiger partial charge in [-0.2, -0.15) is 0 Å². The van der Waals surface area contributed by atoms with E-state index in [1.165, 1.54) is 19.3 Å². The molecule has 0 saturated heterocycles. The first-order valence-corrected chi connectivity index (χ1v) is 4.05. The molecule has 0 saturated carbocycles. The Morgan fingerprint density at radius 2 is 2.29 bits per heavy atom. The lowest BCUT2D eigenvalue weighted by Gasteiger charge is -2.07. The van der Waals surface area contributed by atoms with Crippen molar-refractivity contribution in [3.63, 3.8) is 0 Å². The van der Waals surface area contributed by atoms with E-state index in [-0.39, 0.29) is 12.4 Å². The van der Waals surface area contributed by atoms with E-state index >= 15 is 0 Å². The minimum atomic E-state index is -0.332. The predicted octanol–water partition coefficient (Wildman–Crippen LogP) is 1.98. The molecule has 3 nitrogen and oxygen atoms in total. The molecule has 0 aromatic heterocycles. The fourth-order valence-electron chi connectivity index (χ4n) is 1.13. The molecule has 0 spiro atoms. The molecule has 0 aliphatic carbocycles. The molecule has 0 radical (unpaired) electrons. The number of methoxy groups -OCH3 is 1. The lowest BCUT2D eigenvalue weighted by atomic mass is 10.1. The number of hydrogen-bond acceptors (Lipinski definition) is 3. The second kappa shape index (κ2) is 4.53. The molecule has 1 rings (SSSR count). The highest BCUT2D eigenvalue weighted by Crippen LogP contribution is 2.22. The van der Waals surface area contributed by atoms with Gasteiger partial charge in [0.15, 0.2) is 0 Å². The SMILES string of the molecule is COc1cc(C)c(F)cc1CN=C=O. The van der Waals surface area contributed by atoms with E-state index in [9.17, 15) is 9.18 Å². The molecule has 1 aromatic rings. The van der Waals surface area contributed by atoms with Crippen LogP contribution in [0.25, 0.3) is 0 Å². The molecule has 0 amide bonds. The highest BCUT2D eigenvalue weighted by molar-refractivity contribution is 5.40. The summed E-state index contributed by atoms with van der Waals surface area (Å²) in [6, 6.07) is 2.89. The van der Waals surface area contributed by atoms with Crippen LogP contribution in [-0.4, -0.2) is 13.2 Å². The van der Waals surface area contributed by atoms with Gasteiger partial charge in [0.25, 0.3) is 0 Å². The first-order chi connectivity index (χ1) is 6.69. The summed E-state index contributed by atoms with van der Waals surface area (Å²) in [6.45, 7) is 1.73. The average molecular weight is 195 g/mol. The van der Waals surface area contributed by atoms with Gasteiger partial charge in [-0.05, 0) is 24.6 Å². The molecular weight excluding hydrogens is 185 g/mol. The average Bonchev–Trinajstić information content (AvgIpc) is 2.19. The van der Waals surface area contributed by atoms with E-state index in [2.05, 4.69) is 4.99 Å². The van der Waals surface area contributed by atoms with Crippen molar-refractivity contribution in [1.29, 1.82) is 0 Å². The van der Waals surface area contributed by atoms with Crippen molar-refractivity contribution < 1.29 is 13.9 Å². The van der Waals surface area contributed by atoms with Gasteiger partial charge in [0, 0.05) is 5.56 Å². The number of benzene rings is 1. The van der Waals surface area contributed by atoms with Gasteiger partial charge in [0.05, 0.1) is 13.7 Å². The minimum Gasteiger partial charge on any atom is -0.496 e. The summed E-state index contributed by atoms with van der Waals surface area (Å²) in [5.74, 6) is 0.199. The third kappa shape index (κ3) is 2.18. The van der Waals surface area contributed by atoms with E-state index < -0.39 is 0 Å². The lowest BCUT2D eigenvalue weighted by molar-refractivity contribution is 0.408. The van der Waals surface area contributed by atoms with Gasteiger partial charge in [-0.15, -0.1) is 0 Å². The molecule has 1 aromatic carbocycles. The molecule has 4 heteroatoms. The fourth-order valence-corrected chi connectivity index (χ4v) is 1.13. The van der Waals surface area contributed by atoms with Crippen LogP contribution >= 0.6 is 0 Å². The van der Waals surface area contributed by atoms with E-state index in [0.29, 0.717) is 16.9 Å². The molecule has 0 aliphatic heterocycles. The Morgan fingerprint density at radius 1 is 1.57 bits per heavy atom. The first kappa shape index (κ1) is 10.4. The van der Waals surface area contributed by atoms with Gasteiger partial charge < -0.3 is 4.74 Å². The standard InChI is InChI=1S/C10H10FNO2/c1-7-3-10(14-2)8(4-9(7)11)5-12-6-13/h3-4H,5H2,1-2H3. The summed E-state index contributed by atoms with van der Waals surface area (Å²) in [7, 11) is 1.49. The molecular formula is C10H10FNO2. The van der Waals surface area contributed by atoms with Crippen LogP contribution in [0.1, 0.15) is 11.1 Å². The number of aryl methyl sites for hydroxylation is 1. The number of isocyanates is 1. The van der Waals surface area contributed by atoms with Crippen LogP contribution in [0.15, 0.2) is 17.1 Å². The predicted molar refractivity (Wildman–Crippen MR) is 49.5 cm³/mol. The molecule has 0 heterocycles. The van der Waals surface area contributed by atoms with Crippen LogP contribution in [-0.2, 0) is 11.3 Å². The number of aliphatic imine (C=N–C) groups is 1.